The molecule has 192 valence electrons. The third-order valence-corrected chi connectivity index (χ3v) is 9.11. The molecule has 1 heterocycles. The second-order valence-corrected chi connectivity index (χ2v) is 11.4. The van der Waals surface area contributed by atoms with Crippen LogP contribution in [0.2, 0.25) is 0 Å². The minimum Gasteiger partial charge on any atom is -0.460 e. The van der Waals surface area contributed by atoms with E-state index in [1.165, 1.54) is 6.42 Å². The van der Waals surface area contributed by atoms with Crippen LogP contribution in [-0.4, -0.2) is 22.2 Å². The van der Waals surface area contributed by atoms with Gasteiger partial charge in [0.2, 0.25) is 0 Å². The zero-order valence-electron chi connectivity index (χ0n) is 21.0. The van der Waals surface area contributed by atoms with E-state index in [-0.39, 0.29) is 18.5 Å². The second-order valence-electron chi connectivity index (χ2n) is 10.1. The van der Waals surface area contributed by atoms with Crippen molar-refractivity contribution in [1.29, 1.82) is 0 Å². The average Bonchev–Trinajstić information content (AvgIpc) is 3.36. The molecule has 2 saturated carbocycles. The van der Waals surface area contributed by atoms with Gasteiger partial charge in [0.25, 0.3) is 0 Å². The summed E-state index contributed by atoms with van der Waals surface area (Å²) in [5.41, 5.74) is 0.461. The molecule has 0 unspecified atom stereocenters. The summed E-state index contributed by atoms with van der Waals surface area (Å²) < 4.78 is 11.7. The molecule has 3 atom stereocenters. The third-order valence-electron chi connectivity index (χ3n) is 7.80. The maximum Gasteiger partial charge on any atom is 0.323 e. The number of pyridine rings is 1. The fraction of sp³-hybridized carbons (Fsp3) is 0.387. The monoisotopic (exact) mass is 515 g/mol. The van der Waals surface area contributed by atoms with Crippen molar-refractivity contribution >= 4 is 23.7 Å². The Balaban J connectivity index is 1.42. The van der Waals surface area contributed by atoms with Gasteiger partial charge in [-0.2, -0.15) is 0 Å². The second kappa shape index (κ2) is 12.0. The van der Waals surface area contributed by atoms with E-state index in [0.717, 1.165) is 35.4 Å². The highest BCUT2D eigenvalue weighted by Crippen LogP contribution is 2.52. The van der Waals surface area contributed by atoms with Crippen LogP contribution in [0.5, 0.6) is 0 Å². The van der Waals surface area contributed by atoms with E-state index in [1.54, 1.807) is 18.0 Å². The number of carbonyl (C=O) groups is 2. The molecule has 3 aromatic rings. The van der Waals surface area contributed by atoms with Gasteiger partial charge in [-0.15, -0.1) is 11.8 Å². The topological polar surface area (TPSA) is 65.5 Å². The Labute approximate surface area is 223 Å². The van der Waals surface area contributed by atoms with Crippen molar-refractivity contribution in [3.05, 3.63) is 96.2 Å². The van der Waals surface area contributed by atoms with Gasteiger partial charge >= 0.3 is 11.9 Å². The normalized spacial score (nSPS) is 22.4. The lowest BCUT2D eigenvalue weighted by Crippen LogP contribution is -2.43. The van der Waals surface area contributed by atoms with Crippen LogP contribution in [0.1, 0.15) is 49.7 Å². The quantitative estimate of drug-likeness (QED) is 0.248. The molecule has 2 aliphatic carbocycles. The Hall–Kier alpha value is -3.12. The molecular formula is C31H33NO4S. The van der Waals surface area contributed by atoms with Crippen molar-refractivity contribution < 1.29 is 19.1 Å². The molecule has 0 amide bonds. The standard InChI is InChI=1S/C31H33NO4S/c33-29(35-21-23-10-3-1-4-11-23)31(30(34)36-22-24-12-5-2-6-13-24)18-17-25-14-9-15-26(25)27(20-31)37-28-16-7-8-19-32-28/h1-8,10-13,16,19,25-27H,9,14-15,17-18,20-22H2/t25-,26-,27-/m0/s1. The molecule has 0 aliphatic heterocycles. The number of rotatable bonds is 8. The van der Waals surface area contributed by atoms with Crippen molar-refractivity contribution in [2.45, 2.75) is 62.0 Å². The number of hydrogen-bond donors (Lipinski definition) is 0. The Bertz CT molecular complexity index is 1120. The summed E-state index contributed by atoms with van der Waals surface area (Å²) in [4.78, 5) is 32.3. The van der Waals surface area contributed by atoms with Crippen LogP contribution in [0.25, 0.3) is 0 Å². The predicted molar refractivity (Wildman–Crippen MR) is 143 cm³/mol. The number of esters is 2. The van der Waals surface area contributed by atoms with E-state index in [1.807, 2.05) is 78.9 Å². The first kappa shape index (κ1) is 25.5. The highest BCUT2D eigenvalue weighted by molar-refractivity contribution is 7.99. The highest BCUT2D eigenvalue weighted by Gasteiger charge is 2.54. The Morgan fingerprint density at radius 1 is 0.811 bits per heavy atom. The molecule has 1 aromatic heterocycles. The molecular weight excluding hydrogens is 482 g/mol. The van der Waals surface area contributed by atoms with Crippen LogP contribution >= 0.6 is 11.8 Å². The van der Waals surface area contributed by atoms with Crippen LogP contribution in [0.3, 0.4) is 0 Å². The zero-order valence-corrected chi connectivity index (χ0v) is 21.8. The van der Waals surface area contributed by atoms with Crippen LogP contribution in [0.4, 0.5) is 0 Å². The fourth-order valence-corrected chi connectivity index (χ4v) is 7.31. The number of ether oxygens (including phenoxy) is 2. The molecule has 0 spiro atoms. The number of carbonyl (C=O) groups excluding carboxylic acids is 2. The summed E-state index contributed by atoms with van der Waals surface area (Å²) >= 11 is 1.69. The summed E-state index contributed by atoms with van der Waals surface area (Å²) in [6.45, 7) is 0.274. The number of hydrogen-bond acceptors (Lipinski definition) is 6. The molecule has 2 fully saturated rings. The molecule has 0 radical (unpaired) electrons. The van der Waals surface area contributed by atoms with Gasteiger partial charge in [-0.25, -0.2) is 4.98 Å². The van der Waals surface area contributed by atoms with Crippen molar-refractivity contribution in [2.75, 3.05) is 0 Å². The number of fused-ring (bicyclic) bond motifs is 1. The van der Waals surface area contributed by atoms with Crippen molar-refractivity contribution in [3.8, 4) is 0 Å². The number of benzene rings is 2. The maximum atomic E-state index is 13.9. The molecule has 2 aliphatic rings. The summed E-state index contributed by atoms with van der Waals surface area (Å²) in [6.07, 6.45) is 6.91. The molecule has 37 heavy (non-hydrogen) atoms. The summed E-state index contributed by atoms with van der Waals surface area (Å²) in [7, 11) is 0. The third kappa shape index (κ3) is 6.07. The van der Waals surface area contributed by atoms with E-state index >= 15 is 0 Å². The number of thioether (sulfide) groups is 1. The number of nitrogens with zero attached hydrogens (tertiary/aromatic N) is 1. The van der Waals surface area contributed by atoms with Crippen LogP contribution in [0, 0.1) is 17.3 Å². The van der Waals surface area contributed by atoms with E-state index in [4.69, 9.17) is 9.47 Å². The fourth-order valence-electron chi connectivity index (χ4n) is 5.82. The van der Waals surface area contributed by atoms with E-state index in [2.05, 4.69) is 4.98 Å². The van der Waals surface area contributed by atoms with E-state index in [0.29, 0.717) is 24.7 Å². The Morgan fingerprint density at radius 3 is 2.03 bits per heavy atom. The molecule has 5 nitrogen and oxygen atoms in total. The van der Waals surface area contributed by atoms with Crippen LogP contribution in [0.15, 0.2) is 90.1 Å². The minimum atomic E-state index is -1.33. The van der Waals surface area contributed by atoms with Gasteiger partial charge in [-0.1, -0.05) is 79.6 Å². The largest absolute Gasteiger partial charge is 0.460 e. The molecule has 0 N–H and O–H groups in total. The zero-order chi connectivity index (χ0) is 25.5. The predicted octanol–water partition coefficient (Wildman–Crippen LogP) is 6.62. The van der Waals surface area contributed by atoms with Crippen molar-refractivity contribution in [3.63, 3.8) is 0 Å². The molecule has 0 bridgehead atoms. The SMILES string of the molecule is O=C(OCc1ccccc1)C1(C(=O)OCc2ccccc2)CC[C@@H]2CCC[C@@H]2[C@@H](Sc2ccccn2)C1. The first-order valence-electron chi connectivity index (χ1n) is 13.1. The van der Waals surface area contributed by atoms with E-state index in [9.17, 15) is 9.59 Å². The minimum absolute atomic E-state index is 0.0819. The van der Waals surface area contributed by atoms with Gasteiger partial charge in [0.05, 0.1) is 5.03 Å². The van der Waals surface area contributed by atoms with Crippen molar-refractivity contribution in [2.24, 2.45) is 17.3 Å². The first-order valence-corrected chi connectivity index (χ1v) is 14.0. The van der Waals surface area contributed by atoms with Gasteiger partial charge in [-0.3, -0.25) is 9.59 Å². The summed E-state index contributed by atoms with van der Waals surface area (Å²) in [6, 6.07) is 25.1. The lowest BCUT2D eigenvalue weighted by Gasteiger charge is -2.32. The summed E-state index contributed by atoms with van der Waals surface area (Å²) in [5.74, 6) is -0.00770. The van der Waals surface area contributed by atoms with Gasteiger partial charge in [-0.05, 0) is 60.8 Å². The molecule has 5 rings (SSSR count). The van der Waals surface area contributed by atoms with Crippen LogP contribution < -0.4 is 0 Å². The average molecular weight is 516 g/mol. The summed E-state index contributed by atoms with van der Waals surface area (Å²) in [5, 5.41) is 1.00. The lowest BCUT2D eigenvalue weighted by molar-refractivity contribution is -0.175. The smallest absolute Gasteiger partial charge is 0.323 e. The molecule has 6 heteroatoms. The lowest BCUT2D eigenvalue weighted by atomic mass is 9.79. The van der Waals surface area contributed by atoms with Crippen LogP contribution in [-0.2, 0) is 32.3 Å². The molecule has 0 saturated heterocycles. The Kier molecular flexibility index (Phi) is 8.24. The van der Waals surface area contributed by atoms with Gasteiger partial charge in [0.15, 0.2) is 5.41 Å². The maximum absolute atomic E-state index is 13.9. The Morgan fingerprint density at radius 2 is 1.43 bits per heavy atom. The van der Waals surface area contributed by atoms with Gasteiger partial charge < -0.3 is 9.47 Å². The first-order chi connectivity index (χ1) is 18.1. The highest BCUT2D eigenvalue weighted by atomic mass is 32.2. The van der Waals surface area contributed by atoms with E-state index < -0.39 is 17.4 Å². The van der Waals surface area contributed by atoms with Gasteiger partial charge in [0.1, 0.15) is 13.2 Å². The molecule has 2 aromatic carbocycles. The number of aromatic nitrogens is 1. The van der Waals surface area contributed by atoms with Crippen molar-refractivity contribution in [1.82, 2.24) is 4.98 Å². The van der Waals surface area contributed by atoms with Gasteiger partial charge in [0, 0.05) is 11.4 Å².